The molecule has 0 amide bonds. The zero-order valence-corrected chi connectivity index (χ0v) is 9.00. The molecule has 0 heterocycles. The largest absolute Gasteiger partial charge is 0.479 e. The van der Waals surface area contributed by atoms with Crippen molar-refractivity contribution >= 4 is 17.6 Å². The average molecular weight is 251 g/mol. The molecule has 0 saturated carbocycles. The number of benzene rings is 1. The molecule has 1 aromatic carbocycles. The third kappa shape index (κ3) is 2.31. The van der Waals surface area contributed by atoms with Gasteiger partial charge in [0.1, 0.15) is 11.4 Å². The van der Waals surface area contributed by atoms with Gasteiger partial charge in [0.25, 0.3) is 0 Å². The molecule has 1 aromatic rings. The van der Waals surface area contributed by atoms with Crippen molar-refractivity contribution in [2.24, 2.45) is 0 Å². The standard InChI is InChI=1S/C10H9ClF2O3/c1-10(16,8(13)9(14)15)6-3-2-5(12)4-7(6)11/h2-4,8,16H,1H3,(H,14,15). The van der Waals surface area contributed by atoms with Gasteiger partial charge in [-0.25, -0.2) is 13.6 Å². The van der Waals surface area contributed by atoms with Gasteiger partial charge in [-0.1, -0.05) is 17.7 Å². The third-order valence-electron chi connectivity index (χ3n) is 2.19. The molecule has 3 nitrogen and oxygen atoms in total. The molecule has 0 saturated heterocycles. The van der Waals surface area contributed by atoms with Gasteiger partial charge in [-0.2, -0.15) is 0 Å². The predicted octanol–water partition coefficient (Wildman–Crippen LogP) is 2.11. The number of hydrogen-bond donors (Lipinski definition) is 2. The Bertz CT molecular complexity index is 421. The Balaban J connectivity index is 3.21. The molecule has 0 aromatic heterocycles. The summed E-state index contributed by atoms with van der Waals surface area (Å²) in [5.41, 5.74) is -2.48. The van der Waals surface area contributed by atoms with Gasteiger partial charge in [0, 0.05) is 10.6 Å². The van der Waals surface area contributed by atoms with Gasteiger partial charge in [0.15, 0.2) is 0 Å². The van der Waals surface area contributed by atoms with Crippen LogP contribution >= 0.6 is 11.6 Å². The van der Waals surface area contributed by atoms with E-state index in [1.54, 1.807) is 0 Å². The number of rotatable bonds is 3. The van der Waals surface area contributed by atoms with Crippen LogP contribution in [0.15, 0.2) is 18.2 Å². The van der Waals surface area contributed by atoms with Crippen LogP contribution in [-0.2, 0) is 10.4 Å². The van der Waals surface area contributed by atoms with Gasteiger partial charge >= 0.3 is 5.97 Å². The van der Waals surface area contributed by atoms with E-state index in [1.165, 1.54) is 0 Å². The monoisotopic (exact) mass is 250 g/mol. The van der Waals surface area contributed by atoms with E-state index >= 15 is 0 Å². The number of carbonyl (C=O) groups is 1. The van der Waals surface area contributed by atoms with Crippen molar-refractivity contribution in [1.29, 1.82) is 0 Å². The molecule has 2 N–H and O–H groups in total. The number of carboxylic acid groups (broad SMARTS) is 1. The fraction of sp³-hybridized carbons (Fsp3) is 0.300. The average Bonchev–Trinajstić information content (AvgIpc) is 2.15. The lowest BCUT2D eigenvalue weighted by atomic mass is 9.91. The second-order valence-corrected chi connectivity index (χ2v) is 3.88. The number of halogens is 3. The van der Waals surface area contributed by atoms with Crippen LogP contribution < -0.4 is 0 Å². The SMILES string of the molecule is CC(O)(c1ccc(F)cc1Cl)C(F)C(=O)O. The van der Waals surface area contributed by atoms with Crippen molar-refractivity contribution in [3.63, 3.8) is 0 Å². The first-order chi connectivity index (χ1) is 7.26. The lowest BCUT2D eigenvalue weighted by molar-refractivity contribution is -0.153. The molecular weight excluding hydrogens is 242 g/mol. The van der Waals surface area contributed by atoms with Crippen molar-refractivity contribution in [3.8, 4) is 0 Å². The van der Waals surface area contributed by atoms with Crippen molar-refractivity contribution in [2.45, 2.75) is 18.7 Å². The molecule has 0 fully saturated rings. The van der Waals surface area contributed by atoms with E-state index in [0.29, 0.717) is 0 Å². The Morgan fingerprint density at radius 2 is 2.12 bits per heavy atom. The van der Waals surface area contributed by atoms with E-state index in [-0.39, 0.29) is 10.6 Å². The lowest BCUT2D eigenvalue weighted by Crippen LogP contribution is -2.39. The summed E-state index contributed by atoms with van der Waals surface area (Å²) in [6.07, 6.45) is -2.55. The predicted molar refractivity (Wildman–Crippen MR) is 53.5 cm³/mol. The van der Waals surface area contributed by atoms with Gasteiger partial charge in [-0.05, 0) is 19.1 Å². The fourth-order valence-electron chi connectivity index (χ4n) is 1.28. The Morgan fingerprint density at radius 3 is 2.56 bits per heavy atom. The minimum absolute atomic E-state index is 0.175. The highest BCUT2D eigenvalue weighted by Crippen LogP contribution is 2.32. The van der Waals surface area contributed by atoms with Crippen molar-refractivity contribution in [2.75, 3.05) is 0 Å². The van der Waals surface area contributed by atoms with Gasteiger partial charge in [-0.15, -0.1) is 0 Å². The highest BCUT2D eigenvalue weighted by Gasteiger charge is 2.40. The van der Waals surface area contributed by atoms with E-state index in [0.717, 1.165) is 25.1 Å². The van der Waals surface area contributed by atoms with Gasteiger partial charge in [0.05, 0.1) is 0 Å². The second kappa shape index (κ2) is 4.35. The zero-order valence-electron chi connectivity index (χ0n) is 8.25. The van der Waals surface area contributed by atoms with Crippen LogP contribution in [0.2, 0.25) is 5.02 Å². The van der Waals surface area contributed by atoms with E-state index in [9.17, 15) is 18.7 Å². The van der Waals surface area contributed by atoms with Crippen LogP contribution in [0.3, 0.4) is 0 Å². The number of carboxylic acids is 1. The number of aliphatic carboxylic acids is 1. The molecule has 0 aliphatic carbocycles. The van der Waals surface area contributed by atoms with Crippen LogP contribution in [0, 0.1) is 5.82 Å². The molecule has 0 spiro atoms. The second-order valence-electron chi connectivity index (χ2n) is 3.47. The normalized spacial score (nSPS) is 16.6. The van der Waals surface area contributed by atoms with Crippen molar-refractivity contribution < 1.29 is 23.8 Å². The Kier molecular flexibility index (Phi) is 3.50. The zero-order chi connectivity index (χ0) is 12.5. The highest BCUT2D eigenvalue weighted by atomic mass is 35.5. The molecule has 2 unspecified atom stereocenters. The molecule has 88 valence electrons. The molecule has 0 aliphatic heterocycles. The molecule has 6 heteroatoms. The molecule has 1 rings (SSSR count). The molecule has 0 radical (unpaired) electrons. The van der Waals surface area contributed by atoms with Crippen LogP contribution in [-0.4, -0.2) is 22.4 Å². The number of aliphatic hydroxyl groups is 1. The molecule has 2 atom stereocenters. The van der Waals surface area contributed by atoms with Gasteiger partial charge < -0.3 is 10.2 Å². The maximum Gasteiger partial charge on any atom is 0.341 e. The van der Waals surface area contributed by atoms with Gasteiger partial charge in [0.2, 0.25) is 6.17 Å². The summed E-state index contributed by atoms with van der Waals surface area (Å²) in [6, 6.07) is 2.89. The molecule has 0 aliphatic rings. The summed E-state index contributed by atoms with van der Waals surface area (Å²) in [5.74, 6) is -2.47. The summed E-state index contributed by atoms with van der Waals surface area (Å²) in [5, 5.41) is 18.0. The topological polar surface area (TPSA) is 57.5 Å². The maximum atomic E-state index is 13.3. The minimum Gasteiger partial charge on any atom is -0.479 e. The summed E-state index contributed by atoms with van der Waals surface area (Å²) < 4.78 is 26.0. The first kappa shape index (κ1) is 12.9. The van der Waals surface area contributed by atoms with E-state index in [1.807, 2.05) is 0 Å². The first-order valence-electron chi connectivity index (χ1n) is 4.31. The van der Waals surface area contributed by atoms with Gasteiger partial charge in [-0.3, -0.25) is 0 Å². The third-order valence-corrected chi connectivity index (χ3v) is 2.50. The summed E-state index contributed by atoms with van der Waals surface area (Å²) in [4.78, 5) is 10.4. The Hall–Kier alpha value is -1.20. The van der Waals surface area contributed by atoms with Crippen molar-refractivity contribution in [3.05, 3.63) is 34.6 Å². The fourth-order valence-corrected chi connectivity index (χ4v) is 1.64. The molecular formula is C10H9ClF2O3. The lowest BCUT2D eigenvalue weighted by Gasteiger charge is -2.26. The summed E-state index contributed by atoms with van der Waals surface area (Å²) in [7, 11) is 0. The van der Waals surface area contributed by atoms with Crippen LogP contribution in [0.5, 0.6) is 0 Å². The van der Waals surface area contributed by atoms with Crippen LogP contribution in [0.4, 0.5) is 8.78 Å². The maximum absolute atomic E-state index is 13.3. The Labute approximate surface area is 95.3 Å². The van der Waals surface area contributed by atoms with Crippen LogP contribution in [0.1, 0.15) is 12.5 Å². The minimum atomic E-state index is -2.55. The summed E-state index contributed by atoms with van der Waals surface area (Å²) in [6.45, 7) is 0.963. The van der Waals surface area contributed by atoms with E-state index in [2.05, 4.69) is 0 Å². The number of hydrogen-bond acceptors (Lipinski definition) is 2. The van der Waals surface area contributed by atoms with Crippen molar-refractivity contribution in [1.82, 2.24) is 0 Å². The first-order valence-corrected chi connectivity index (χ1v) is 4.69. The Morgan fingerprint density at radius 1 is 1.56 bits per heavy atom. The highest BCUT2D eigenvalue weighted by molar-refractivity contribution is 6.31. The summed E-state index contributed by atoms with van der Waals surface area (Å²) >= 11 is 5.60. The smallest absolute Gasteiger partial charge is 0.341 e. The van der Waals surface area contributed by atoms with E-state index < -0.39 is 23.6 Å². The van der Waals surface area contributed by atoms with E-state index in [4.69, 9.17) is 16.7 Å². The quantitative estimate of drug-likeness (QED) is 0.864. The molecule has 16 heavy (non-hydrogen) atoms. The molecule has 0 bridgehead atoms. The number of alkyl halides is 1. The van der Waals surface area contributed by atoms with Crippen LogP contribution in [0.25, 0.3) is 0 Å².